The summed E-state index contributed by atoms with van der Waals surface area (Å²) in [6, 6.07) is 0.999. The number of carbonyl (C=O) groups excluding carboxylic acids is 1. The molecular formula is C15H22N2O4. The Morgan fingerprint density at radius 3 is 2.67 bits per heavy atom. The molecule has 1 aromatic rings. The van der Waals surface area contributed by atoms with Crippen LogP contribution in [0.15, 0.2) is 21.5 Å². The maximum atomic E-state index is 12.2. The molecule has 0 spiro atoms. The van der Waals surface area contributed by atoms with Crippen molar-refractivity contribution >= 4 is 5.91 Å². The topological polar surface area (TPSA) is 82.8 Å². The Kier molecular flexibility index (Phi) is 5.38. The number of hydrogen-bond donors (Lipinski definition) is 2. The maximum absolute atomic E-state index is 12.2. The lowest BCUT2D eigenvalue weighted by Crippen LogP contribution is -2.45. The van der Waals surface area contributed by atoms with Gasteiger partial charge in [-0.2, -0.15) is 0 Å². The molecule has 21 heavy (non-hydrogen) atoms. The predicted molar refractivity (Wildman–Crippen MR) is 78.0 cm³/mol. The highest BCUT2D eigenvalue weighted by atomic mass is 16.4. The smallest absolute Gasteiger partial charge is 0.237 e. The standard InChI is InChI=1S/C15H22N2O4/c1-11(17-6-4-2-3-5-7-17)15(20)16-9-12-8-13(18)14(19)10-21-12/h8,10-11,19H,2-7,9H2,1H3,(H,16,20). The first-order valence-corrected chi connectivity index (χ1v) is 7.40. The van der Waals surface area contributed by atoms with Gasteiger partial charge in [-0.3, -0.25) is 14.5 Å². The molecule has 1 aliphatic heterocycles. The Labute approximate surface area is 123 Å². The molecule has 2 rings (SSSR count). The summed E-state index contributed by atoms with van der Waals surface area (Å²) in [7, 11) is 0. The third-order valence-electron chi connectivity index (χ3n) is 3.87. The molecule has 0 radical (unpaired) electrons. The van der Waals surface area contributed by atoms with Crippen molar-refractivity contribution in [3.8, 4) is 5.75 Å². The molecular weight excluding hydrogens is 272 g/mol. The molecule has 0 aliphatic carbocycles. The summed E-state index contributed by atoms with van der Waals surface area (Å²) < 4.78 is 5.06. The van der Waals surface area contributed by atoms with Crippen molar-refractivity contribution in [2.75, 3.05) is 13.1 Å². The zero-order valence-electron chi connectivity index (χ0n) is 12.3. The Morgan fingerprint density at radius 2 is 2.05 bits per heavy atom. The van der Waals surface area contributed by atoms with Gasteiger partial charge in [-0.05, 0) is 32.9 Å². The van der Waals surface area contributed by atoms with Gasteiger partial charge in [0.1, 0.15) is 12.0 Å². The maximum Gasteiger partial charge on any atom is 0.237 e. The van der Waals surface area contributed by atoms with Crippen molar-refractivity contribution in [1.82, 2.24) is 10.2 Å². The van der Waals surface area contributed by atoms with Crippen molar-refractivity contribution in [2.24, 2.45) is 0 Å². The molecule has 1 unspecified atom stereocenters. The van der Waals surface area contributed by atoms with Crippen LogP contribution in [0.4, 0.5) is 0 Å². The van der Waals surface area contributed by atoms with E-state index in [2.05, 4.69) is 10.2 Å². The number of nitrogens with one attached hydrogen (secondary N) is 1. The number of amides is 1. The Morgan fingerprint density at radius 1 is 1.38 bits per heavy atom. The van der Waals surface area contributed by atoms with Gasteiger partial charge < -0.3 is 14.8 Å². The van der Waals surface area contributed by atoms with E-state index in [-0.39, 0.29) is 18.5 Å². The van der Waals surface area contributed by atoms with Crippen LogP contribution >= 0.6 is 0 Å². The summed E-state index contributed by atoms with van der Waals surface area (Å²) >= 11 is 0. The first-order valence-electron chi connectivity index (χ1n) is 7.40. The monoisotopic (exact) mass is 294 g/mol. The van der Waals surface area contributed by atoms with Crippen molar-refractivity contribution in [3.63, 3.8) is 0 Å². The molecule has 1 aliphatic rings. The van der Waals surface area contributed by atoms with E-state index in [4.69, 9.17) is 9.52 Å². The normalized spacial score (nSPS) is 18.0. The summed E-state index contributed by atoms with van der Waals surface area (Å²) in [5.41, 5.74) is -0.508. The highest BCUT2D eigenvalue weighted by Crippen LogP contribution is 2.12. The lowest BCUT2D eigenvalue weighted by atomic mass is 10.2. The quantitative estimate of drug-likeness (QED) is 0.872. The fraction of sp³-hybridized carbons (Fsp3) is 0.600. The molecule has 116 valence electrons. The number of carbonyl (C=O) groups is 1. The molecule has 1 aromatic heterocycles. The van der Waals surface area contributed by atoms with Crippen molar-refractivity contribution in [3.05, 3.63) is 28.3 Å². The van der Waals surface area contributed by atoms with E-state index >= 15 is 0 Å². The van der Waals surface area contributed by atoms with Gasteiger partial charge in [0.2, 0.25) is 11.3 Å². The number of rotatable bonds is 4. The van der Waals surface area contributed by atoms with Crippen LogP contribution in [-0.4, -0.2) is 35.0 Å². The summed E-state index contributed by atoms with van der Waals surface area (Å²) in [6.07, 6.45) is 5.70. The molecule has 1 atom stereocenters. The fourth-order valence-electron chi connectivity index (χ4n) is 2.51. The molecule has 0 aromatic carbocycles. The minimum Gasteiger partial charge on any atom is -0.502 e. The van der Waals surface area contributed by atoms with E-state index in [1.54, 1.807) is 0 Å². The van der Waals surface area contributed by atoms with Crippen LogP contribution < -0.4 is 10.7 Å². The lowest BCUT2D eigenvalue weighted by Gasteiger charge is -2.26. The average molecular weight is 294 g/mol. The van der Waals surface area contributed by atoms with Gasteiger partial charge in [0.25, 0.3) is 0 Å². The van der Waals surface area contributed by atoms with Crippen LogP contribution in [0.3, 0.4) is 0 Å². The molecule has 1 saturated heterocycles. The van der Waals surface area contributed by atoms with Crippen LogP contribution in [0.2, 0.25) is 0 Å². The zero-order valence-corrected chi connectivity index (χ0v) is 12.3. The molecule has 6 nitrogen and oxygen atoms in total. The first-order chi connectivity index (χ1) is 10.1. The third-order valence-corrected chi connectivity index (χ3v) is 3.87. The molecule has 0 bridgehead atoms. The first kappa shape index (κ1) is 15.6. The van der Waals surface area contributed by atoms with Crippen LogP contribution in [0, 0.1) is 0 Å². The van der Waals surface area contributed by atoms with Crippen molar-refractivity contribution in [2.45, 2.75) is 45.2 Å². The SMILES string of the molecule is CC(C(=O)NCc1cc(=O)c(O)co1)N1CCCCCC1. The van der Waals surface area contributed by atoms with E-state index in [9.17, 15) is 9.59 Å². The van der Waals surface area contributed by atoms with Crippen molar-refractivity contribution < 1.29 is 14.3 Å². The highest BCUT2D eigenvalue weighted by molar-refractivity contribution is 5.81. The number of aromatic hydroxyl groups is 1. The summed E-state index contributed by atoms with van der Waals surface area (Å²) in [5, 5.41) is 11.9. The van der Waals surface area contributed by atoms with Gasteiger partial charge >= 0.3 is 0 Å². The summed E-state index contributed by atoms with van der Waals surface area (Å²) in [5.74, 6) is -0.176. The fourth-order valence-corrected chi connectivity index (χ4v) is 2.51. The minimum atomic E-state index is -0.508. The second-order valence-corrected chi connectivity index (χ2v) is 5.44. The number of nitrogens with zero attached hydrogens (tertiary/aromatic N) is 1. The van der Waals surface area contributed by atoms with Gasteiger partial charge in [-0.25, -0.2) is 0 Å². The van der Waals surface area contributed by atoms with Gasteiger partial charge in [0, 0.05) is 6.07 Å². The molecule has 1 amide bonds. The number of hydrogen-bond acceptors (Lipinski definition) is 5. The van der Waals surface area contributed by atoms with Gasteiger partial charge in [-0.15, -0.1) is 0 Å². The molecule has 2 heterocycles. The Balaban J connectivity index is 1.88. The third kappa shape index (κ3) is 4.32. The molecule has 2 N–H and O–H groups in total. The predicted octanol–water partition coefficient (Wildman–Crippen LogP) is 1.23. The average Bonchev–Trinajstić information content (AvgIpc) is 2.76. The van der Waals surface area contributed by atoms with Crippen LogP contribution in [0.25, 0.3) is 0 Å². The Bertz CT molecular complexity index is 533. The van der Waals surface area contributed by atoms with E-state index in [0.717, 1.165) is 32.2 Å². The number of likely N-dealkylation sites (tertiary alicyclic amines) is 1. The van der Waals surface area contributed by atoms with E-state index < -0.39 is 11.2 Å². The minimum absolute atomic E-state index is 0.0763. The van der Waals surface area contributed by atoms with Crippen LogP contribution in [-0.2, 0) is 11.3 Å². The highest BCUT2D eigenvalue weighted by Gasteiger charge is 2.21. The van der Waals surface area contributed by atoms with Crippen LogP contribution in [0.1, 0.15) is 38.4 Å². The molecule has 0 saturated carbocycles. The van der Waals surface area contributed by atoms with Gasteiger partial charge in [0.05, 0.1) is 12.6 Å². The Hall–Kier alpha value is -1.82. The second-order valence-electron chi connectivity index (χ2n) is 5.44. The van der Waals surface area contributed by atoms with E-state index in [1.165, 1.54) is 18.9 Å². The largest absolute Gasteiger partial charge is 0.502 e. The lowest BCUT2D eigenvalue weighted by molar-refractivity contribution is -0.126. The molecule has 1 fully saturated rings. The second kappa shape index (κ2) is 7.26. The van der Waals surface area contributed by atoms with Gasteiger partial charge in [-0.1, -0.05) is 12.8 Å². The van der Waals surface area contributed by atoms with E-state index in [0.29, 0.717) is 5.76 Å². The van der Waals surface area contributed by atoms with E-state index in [1.807, 2.05) is 6.92 Å². The van der Waals surface area contributed by atoms with Gasteiger partial charge in [0.15, 0.2) is 5.75 Å². The molecule has 6 heteroatoms. The summed E-state index contributed by atoms with van der Waals surface area (Å²) in [6.45, 7) is 3.94. The van der Waals surface area contributed by atoms with Crippen LogP contribution in [0.5, 0.6) is 5.75 Å². The summed E-state index contributed by atoms with van der Waals surface area (Å²) in [4.78, 5) is 25.6. The van der Waals surface area contributed by atoms with Crippen molar-refractivity contribution in [1.29, 1.82) is 0 Å². The zero-order chi connectivity index (χ0) is 15.2.